The van der Waals surface area contributed by atoms with Crippen LogP contribution in [0.25, 0.3) is 0 Å². The highest BCUT2D eigenvalue weighted by molar-refractivity contribution is 8.23. The third-order valence-electron chi connectivity index (χ3n) is 3.68. The summed E-state index contributed by atoms with van der Waals surface area (Å²) in [5, 5.41) is 0. The van der Waals surface area contributed by atoms with E-state index < -0.39 is 0 Å². The van der Waals surface area contributed by atoms with Crippen LogP contribution in [0.15, 0.2) is 18.5 Å². The molecule has 0 bridgehead atoms. The van der Waals surface area contributed by atoms with E-state index in [1.54, 1.807) is 23.4 Å². The Morgan fingerprint density at radius 1 is 1.43 bits per heavy atom. The fourth-order valence-electron chi connectivity index (χ4n) is 2.53. The summed E-state index contributed by atoms with van der Waals surface area (Å²) in [5.74, 6) is 0.116. The molecular formula is C14H16N4O3S2. The van der Waals surface area contributed by atoms with E-state index in [0.717, 1.165) is 12.8 Å². The maximum absolute atomic E-state index is 12.4. The number of carbonyl (C=O) groups is 2. The second-order valence-corrected chi connectivity index (χ2v) is 6.90. The number of thioether (sulfide) groups is 1. The highest BCUT2D eigenvalue weighted by atomic mass is 32.2. The van der Waals surface area contributed by atoms with Crippen LogP contribution in [0.1, 0.15) is 12.8 Å². The average molecular weight is 352 g/mol. The molecule has 1 atom stereocenters. The SMILES string of the molecule is O=C(CN1C(=O)CSC1=S)N1CCCC(Oc2ncccn2)C1. The van der Waals surface area contributed by atoms with Gasteiger partial charge in [-0.3, -0.25) is 14.5 Å². The Hall–Kier alpha value is -1.74. The number of thiocarbonyl (C=S) groups is 1. The van der Waals surface area contributed by atoms with Crippen LogP contribution in [-0.4, -0.2) is 67.4 Å². The Labute approximate surface area is 143 Å². The summed E-state index contributed by atoms with van der Waals surface area (Å²) in [5.41, 5.74) is 0. The zero-order chi connectivity index (χ0) is 16.2. The van der Waals surface area contributed by atoms with Crippen LogP contribution in [0.3, 0.4) is 0 Å². The molecule has 2 saturated heterocycles. The molecule has 0 aliphatic carbocycles. The minimum atomic E-state index is -0.134. The van der Waals surface area contributed by atoms with Gasteiger partial charge >= 0.3 is 6.01 Å². The molecule has 0 N–H and O–H groups in total. The molecule has 2 fully saturated rings. The summed E-state index contributed by atoms with van der Waals surface area (Å²) < 4.78 is 6.20. The molecule has 0 aromatic carbocycles. The molecule has 122 valence electrons. The number of hydrogen-bond donors (Lipinski definition) is 0. The van der Waals surface area contributed by atoms with Gasteiger partial charge in [-0.2, -0.15) is 0 Å². The first-order chi connectivity index (χ1) is 11.1. The summed E-state index contributed by atoms with van der Waals surface area (Å²) in [6, 6.07) is 2.04. The molecule has 0 spiro atoms. The summed E-state index contributed by atoms with van der Waals surface area (Å²) >= 11 is 6.40. The molecule has 1 unspecified atom stereocenters. The number of nitrogens with zero attached hydrogens (tertiary/aromatic N) is 4. The first-order valence-electron chi connectivity index (χ1n) is 7.32. The molecule has 3 rings (SSSR count). The number of hydrogen-bond acceptors (Lipinski definition) is 7. The number of amides is 2. The molecule has 1 aromatic heterocycles. The maximum atomic E-state index is 12.4. The van der Waals surface area contributed by atoms with Crippen LogP contribution in [0.2, 0.25) is 0 Å². The van der Waals surface area contributed by atoms with Crippen molar-refractivity contribution in [3.05, 3.63) is 18.5 Å². The quantitative estimate of drug-likeness (QED) is 0.739. The molecule has 1 aromatic rings. The molecule has 0 saturated carbocycles. The van der Waals surface area contributed by atoms with Crippen molar-refractivity contribution in [3.63, 3.8) is 0 Å². The van der Waals surface area contributed by atoms with Gasteiger partial charge in [0.15, 0.2) is 0 Å². The number of piperidine rings is 1. The van der Waals surface area contributed by atoms with Gasteiger partial charge in [0.05, 0.1) is 12.3 Å². The fourth-order valence-corrected chi connectivity index (χ4v) is 3.59. The van der Waals surface area contributed by atoms with Crippen LogP contribution in [0, 0.1) is 0 Å². The van der Waals surface area contributed by atoms with Crippen molar-refractivity contribution in [2.75, 3.05) is 25.4 Å². The van der Waals surface area contributed by atoms with Crippen LogP contribution in [-0.2, 0) is 9.59 Å². The van der Waals surface area contributed by atoms with Crippen molar-refractivity contribution in [1.82, 2.24) is 19.8 Å². The molecule has 7 nitrogen and oxygen atoms in total. The van der Waals surface area contributed by atoms with Gasteiger partial charge in [-0.15, -0.1) is 0 Å². The lowest BCUT2D eigenvalue weighted by atomic mass is 10.1. The van der Waals surface area contributed by atoms with Crippen molar-refractivity contribution < 1.29 is 14.3 Å². The Kier molecular flexibility index (Phi) is 5.06. The average Bonchev–Trinajstić information content (AvgIpc) is 2.88. The summed E-state index contributed by atoms with van der Waals surface area (Å²) in [6.45, 7) is 1.15. The van der Waals surface area contributed by atoms with Gasteiger partial charge in [-0.25, -0.2) is 9.97 Å². The van der Waals surface area contributed by atoms with Crippen LogP contribution in [0.5, 0.6) is 6.01 Å². The number of rotatable bonds is 4. The lowest BCUT2D eigenvalue weighted by Crippen LogP contribution is -2.48. The smallest absolute Gasteiger partial charge is 0.316 e. The molecule has 9 heteroatoms. The van der Waals surface area contributed by atoms with E-state index in [1.807, 2.05) is 0 Å². The Morgan fingerprint density at radius 2 is 2.22 bits per heavy atom. The van der Waals surface area contributed by atoms with Crippen molar-refractivity contribution in [2.24, 2.45) is 0 Å². The second-order valence-electron chi connectivity index (χ2n) is 5.29. The van der Waals surface area contributed by atoms with Crippen molar-refractivity contribution in [3.8, 4) is 6.01 Å². The fraction of sp³-hybridized carbons (Fsp3) is 0.500. The lowest BCUT2D eigenvalue weighted by Gasteiger charge is -2.33. The topological polar surface area (TPSA) is 75.6 Å². The van der Waals surface area contributed by atoms with E-state index in [2.05, 4.69) is 9.97 Å². The monoisotopic (exact) mass is 352 g/mol. The molecular weight excluding hydrogens is 336 g/mol. The number of ether oxygens (including phenoxy) is 1. The zero-order valence-corrected chi connectivity index (χ0v) is 14.0. The van der Waals surface area contributed by atoms with E-state index in [0.29, 0.717) is 29.2 Å². The third kappa shape index (κ3) is 3.97. The normalized spacial score (nSPS) is 21.7. The van der Waals surface area contributed by atoms with E-state index in [4.69, 9.17) is 17.0 Å². The molecule has 2 aliphatic heterocycles. The molecule has 2 aliphatic rings. The predicted octanol–water partition coefficient (Wildman–Crippen LogP) is 0.707. The molecule has 2 amide bonds. The van der Waals surface area contributed by atoms with Gasteiger partial charge in [0.1, 0.15) is 17.0 Å². The first kappa shape index (κ1) is 16.1. The van der Waals surface area contributed by atoms with Gasteiger partial charge in [-0.1, -0.05) is 24.0 Å². The van der Waals surface area contributed by atoms with Crippen molar-refractivity contribution in [2.45, 2.75) is 18.9 Å². The predicted molar refractivity (Wildman–Crippen MR) is 89.0 cm³/mol. The summed E-state index contributed by atoms with van der Waals surface area (Å²) in [4.78, 5) is 35.3. The van der Waals surface area contributed by atoms with Gasteiger partial charge < -0.3 is 9.64 Å². The van der Waals surface area contributed by atoms with Gasteiger partial charge in [0, 0.05) is 18.9 Å². The highest BCUT2D eigenvalue weighted by Crippen LogP contribution is 2.20. The number of likely N-dealkylation sites (tertiary alicyclic amines) is 1. The second kappa shape index (κ2) is 7.22. The maximum Gasteiger partial charge on any atom is 0.316 e. The van der Waals surface area contributed by atoms with Crippen LogP contribution >= 0.6 is 24.0 Å². The molecule has 3 heterocycles. The van der Waals surface area contributed by atoms with E-state index in [-0.39, 0.29) is 24.5 Å². The van der Waals surface area contributed by atoms with Gasteiger partial charge in [0.2, 0.25) is 11.8 Å². The minimum absolute atomic E-state index is 0.0131. The van der Waals surface area contributed by atoms with Crippen molar-refractivity contribution in [1.29, 1.82) is 0 Å². The summed E-state index contributed by atoms with van der Waals surface area (Å²) in [6.07, 6.45) is 4.79. The Balaban J connectivity index is 1.56. The minimum Gasteiger partial charge on any atom is -0.458 e. The highest BCUT2D eigenvalue weighted by Gasteiger charge is 2.32. The van der Waals surface area contributed by atoms with Crippen LogP contribution in [0.4, 0.5) is 0 Å². The Morgan fingerprint density at radius 3 is 2.91 bits per heavy atom. The van der Waals surface area contributed by atoms with Gasteiger partial charge in [-0.05, 0) is 18.9 Å². The summed E-state index contributed by atoms with van der Waals surface area (Å²) in [7, 11) is 0. The first-order valence-corrected chi connectivity index (χ1v) is 8.71. The molecule has 0 radical (unpaired) electrons. The standard InChI is InChI=1S/C14H16N4O3S2/c19-11(8-18-12(20)9-23-14(18)22)17-6-1-3-10(7-17)21-13-15-4-2-5-16-13/h2,4-5,10H,1,3,6-9H2. The lowest BCUT2D eigenvalue weighted by molar-refractivity contribution is -0.138. The number of aromatic nitrogens is 2. The van der Waals surface area contributed by atoms with Crippen molar-refractivity contribution >= 4 is 40.1 Å². The van der Waals surface area contributed by atoms with Gasteiger partial charge in [0.25, 0.3) is 0 Å². The largest absolute Gasteiger partial charge is 0.458 e. The van der Waals surface area contributed by atoms with E-state index >= 15 is 0 Å². The zero-order valence-electron chi connectivity index (χ0n) is 12.4. The molecule has 23 heavy (non-hydrogen) atoms. The third-order valence-corrected chi connectivity index (χ3v) is 5.11. The number of carbonyl (C=O) groups excluding carboxylic acids is 2. The van der Waals surface area contributed by atoms with E-state index in [9.17, 15) is 9.59 Å². The van der Waals surface area contributed by atoms with E-state index in [1.165, 1.54) is 16.7 Å². The van der Waals surface area contributed by atoms with Crippen LogP contribution < -0.4 is 4.74 Å². The Bertz CT molecular complexity index is 597.